The monoisotopic (exact) mass is 184 g/mol. The number of carbonyl (C=O) groups is 1. The van der Waals surface area contributed by atoms with Gasteiger partial charge in [-0.2, -0.15) is 0 Å². The maximum absolute atomic E-state index is 11.1. The van der Waals surface area contributed by atoms with Crippen molar-refractivity contribution >= 4 is 6.03 Å². The van der Waals surface area contributed by atoms with E-state index in [9.17, 15) is 4.79 Å². The lowest BCUT2D eigenvalue weighted by molar-refractivity contribution is 0.240. The van der Waals surface area contributed by atoms with Crippen LogP contribution in [0.2, 0.25) is 0 Å². The molecule has 1 aliphatic carbocycles. The fourth-order valence-corrected chi connectivity index (χ4v) is 1.22. The van der Waals surface area contributed by atoms with Crippen LogP contribution in [0.4, 0.5) is 4.79 Å². The van der Waals surface area contributed by atoms with E-state index in [0.29, 0.717) is 6.04 Å². The number of nitrogens with one attached hydrogen (secondary N) is 2. The minimum absolute atomic E-state index is 0.0130. The molecule has 1 saturated carbocycles. The summed E-state index contributed by atoms with van der Waals surface area (Å²) < 4.78 is 0. The Balaban J connectivity index is 1.83. The highest BCUT2D eigenvalue weighted by molar-refractivity contribution is 5.74. The first-order valence-electron chi connectivity index (χ1n) is 5.37. The van der Waals surface area contributed by atoms with Crippen molar-refractivity contribution in [3.8, 4) is 0 Å². The Hall–Kier alpha value is -0.730. The van der Waals surface area contributed by atoms with Gasteiger partial charge in [0.05, 0.1) is 0 Å². The molecule has 0 aromatic rings. The van der Waals surface area contributed by atoms with E-state index in [2.05, 4.69) is 17.6 Å². The number of urea groups is 1. The normalized spacial score (nSPS) is 15.5. The second-order valence-electron chi connectivity index (χ2n) is 3.74. The number of amides is 2. The largest absolute Gasteiger partial charge is 0.338 e. The standard InChI is InChI=1S/C10H20N2O/c1-2-3-4-5-8-11-10(13)12-9-6-7-9/h9H,2-8H2,1H3,(H2,11,12,13). The third kappa shape index (κ3) is 5.50. The summed E-state index contributed by atoms with van der Waals surface area (Å²) in [7, 11) is 0. The quantitative estimate of drug-likeness (QED) is 0.609. The van der Waals surface area contributed by atoms with Crippen molar-refractivity contribution in [2.24, 2.45) is 0 Å². The average molecular weight is 184 g/mol. The number of carbonyl (C=O) groups excluding carboxylic acids is 1. The first-order valence-corrected chi connectivity index (χ1v) is 5.37. The lowest BCUT2D eigenvalue weighted by Crippen LogP contribution is -2.37. The Morgan fingerprint density at radius 3 is 2.69 bits per heavy atom. The van der Waals surface area contributed by atoms with E-state index in [1.165, 1.54) is 19.3 Å². The Morgan fingerprint density at radius 1 is 1.31 bits per heavy atom. The highest BCUT2D eigenvalue weighted by Gasteiger charge is 2.22. The van der Waals surface area contributed by atoms with Gasteiger partial charge in [0.1, 0.15) is 0 Å². The van der Waals surface area contributed by atoms with Gasteiger partial charge >= 0.3 is 6.03 Å². The van der Waals surface area contributed by atoms with E-state index >= 15 is 0 Å². The van der Waals surface area contributed by atoms with Gasteiger partial charge in [-0.15, -0.1) is 0 Å². The SMILES string of the molecule is CCCCCCNC(=O)NC1CC1. The lowest BCUT2D eigenvalue weighted by Gasteiger charge is -2.05. The molecule has 0 aromatic carbocycles. The van der Waals surface area contributed by atoms with Gasteiger partial charge in [0, 0.05) is 12.6 Å². The van der Waals surface area contributed by atoms with E-state index in [-0.39, 0.29) is 6.03 Å². The highest BCUT2D eigenvalue weighted by atomic mass is 16.2. The minimum atomic E-state index is 0.0130. The van der Waals surface area contributed by atoms with Gasteiger partial charge in [-0.05, 0) is 19.3 Å². The molecule has 2 amide bonds. The third-order valence-corrected chi connectivity index (χ3v) is 2.23. The van der Waals surface area contributed by atoms with Crippen LogP contribution in [0.15, 0.2) is 0 Å². The summed E-state index contributed by atoms with van der Waals surface area (Å²) >= 11 is 0. The zero-order valence-electron chi connectivity index (χ0n) is 8.44. The van der Waals surface area contributed by atoms with Crippen LogP contribution in [0.1, 0.15) is 45.4 Å². The molecule has 0 spiro atoms. The first-order chi connectivity index (χ1) is 6.33. The van der Waals surface area contributed by atoms with Gasteiger partial charge in [-0.25, -0.2) is 4.79 Å². The van der Waals surface area contributed by atoms with Crippen LogP contribution >= 0.6 is 0 Å². The molecule has 0 bridgehead atoms. The smallest absolute Gasteiger partial charge is 0.315 e. The molecule has 1 rings (SSSR count). The van der Waals surface area contributed by atoms with Gasteiger partial charge in [0.2, 0.25) is 0 Å². The number of unbranched alkanes of at least 4 members (excludes halogenated alkanes) is 3. The van der Waals surface area contributed by atoms with Gasteiger partial charge in [-0.3, -0.25) is 0 Å². The molecule has 0 aliphatic heterocycles. The van der Waals surface area contributed by atoms with Crippen LogP contribution < -0.4 is 10.6 Å². The van der Waals surface area contributed by atoms with Gasteiger partial charge in [0.25, 0.3) is 0 Å². The summed E-state index contributed by atoms with van der Waals surface area (Å²) in [6.07, 6.45) is 7.15. The summed E-state index contributed by atoms with van der Waals surface area (Å²) in [5.41, 5.74) is 0. The Morgan fingerprint density at radius 2 is 2.08 bits per heavy atom. The molecule has 0 heterocycles. The molecule has 2 N–H and O–H groups in total. The van der Waals surface area contributed by atoms with Gasteiger partial charge in [-0.1, -0.05) is 26.2 Å². The van der Waals surface area contributed by atoms with Crippen molar-refractivity contribution in [3.05, 3.63) is 0 Å². The molecule has 0 unspecified atom stereocenters. The van der Waals surface area contributed by atoms with E-state index in [1.54, 1.807) is 0 Å². The summed E-state index contributed by atoms with van der Waals surface area (Å²) in [6.45, 7) is 3.01. The zero-order valence-corrected chi connectivity index (χ0v) is 8.44. The second kappa shape index (κ2) is 5.84. The van der Waals surface area contributed by atoms with E-state index in [4.69, 9.17) is 0 Å². The van der Waals surface area contributed by atoms with Crippen LogP contribution in [-0.4, -0.2) is 18.6 Å². The van der Waals surface area contributed by atoms with Crippen LogP contribution in [0.25, 0.3) is 0 Å². The maximum Gasteiger partial charge on any atom is 0.315 e. The molecule has 0 aromatic heterocycles. The molecule has 3 nitrogen and oxygen atoms in total. The Bertz CT molecular complexity index is 155. The second-order valence-corrected chi connectivity index (χ2v) is 3.74. The summed E-state index contributed by atoms with van der Waals surface area (Å²) in [5.74, 6) is 0. The van der Waals surface area contributed by atoms with E-state index < -0.39 is 0 Å². The molecule has 0 radical (unpaired) electrons. The van der Waals surface area contributed by atoms with Crippen LogP contribution in [0.5, 0.6) is 0 Å². The third-order valence-electron chi connectivity index (χ3n) is 2.23. The Kier molecular flexibility index (Phi) is 4.65. The molecule has 0 saturated heterocycles. The number of rotatable bonds is 6. The topological polar surface area (TPSA) is 41.1 Å². The lowest BCUT2D eigenvalue weighted by atomic mass is 10.2. The van der Waals surface area contributed by atoms with Crippen molar-refractivity contribution in [3.63, 3.8) is 0 Å². The Labute approximate surface area is 80.3 Å². The van der Waals surface area contributed by atoms with Gasteiger partial charge < -0.3 is 10.6 Å². The van der Waals surface area contributed by atoms with Crippen molar-refractivity contribution in [1.29, 1.82) is 0 Å². The maximum atomic E-state index is 11.1. The molecule has 0 atom stereocenters. The van der Waals surface area contributed by atoms with E-state index in [0.717, 1.165) is 25.8 Å². The molecule has 1 fully saturated rings. The molecule has 13 heavy (non-hydrogen) atoms. The molecule has 76 valence electrons. The molecular weight excluding hydrogens is 164 g/mol. The van der Waals surface area contributed by atoms with Crippen molar-refractivity contribution in [2.45, 2.75) is 51.5 Å². The van der Waals surface area contributed by atoms with Crippen molar-refractivity contribution in [2.75, 3.05) is 6.54 Å². The van der Waals surface area contributed by atoms with Crippen LogP contribution in [0, 0.1) is 0 Å². The van der Waals surface area contributed by atoms with Crippen molar-refractivity contribution < 1.29 is 4.79 Å². The van der Waals surface area contributed by atoms with Crippen molar-refractivity contribution in [1.82, 2.24) is 10.6 Å². The predicted octanol–water partition coefficient (Wildman–Crippen LogP) is 2.03. The highest BCUT2D eigenvalue weighted by Crippen LogP contribution is 2.18. The van der Waals surface area contributed by atoms with Gasteiger partial charge in [0.15, 0.2) is 0 Å². The summed E-state index contributed by atoms with van der Waals surface area (Å²) in [5, 5.41) is 5.76. The molecular formula is C10H20N2O. The zero-order chi connectivity index (χ0) is 9.52. The van der Waals surface area contributed by atoms with Crippen LogP contribution in [0.3, 0.4) is 0 Å². The summed E-state index contributed by atoms with van der Waals surface area (Å²) in [4.78, 5) is 11.1. The fourth-order valence-electron chi connectivity index (χ4n) is 1.22. The minimum Gasteiger partial charge on any atom is -0.338 e. The average Bonchev–Trinajstić information content (AvgIpc) is 2.88. The number of hydrogen-bond acceptors (Lipinski definition) is 1. The first kappa shape index (κ1) is 10.4. The van der Waals surface area contributed by atoms with E-state index in [1.807, 2.05) is 0 Å². The predicted molar refractivity (Wildman–Crippen MR) is 53.7 cm³/mol. The molecule has 3 heteroatoms. The van der Waals surface area contributed by atoms with Crippen LogP contribution in [-0.2, 0) is 0 Å². The molecule has 1 aliphatic rings. The fraction of sp³-hybridized carbons (Fsp3) is 0.900. The number of hydrogen-bond donors (Lipinski definition) is 2. The summed E-state index contributed by atoms with van der Waals surface area (Å²) in [6, 6.07) is 0.481.